The molecule has 2 aromatic heterocycles. The lowest BCUT2D eigenvalue weighted by Gasteiger charge is -2.13. The number of rotatable bonds is 6. The summed E-state index contributed by atoms with van der Waals surface area (Å²) in [7, 11) is 0. The van der Waals surface area contributed by atoms with E-state index in [-0.39, 0.29) is 18.6 Å². The molecule has 1 atom stereocenters. The third-order valence-corrected chi connectivity index (χ3v) is 5.04. The van der Waals surface area contributed by atoms with Crippen LogP contribution in [0.25, 0.3) is 22.2 Å². The Labute approximate surface area is 175 Å². The number of hydrogen-bond acceptors (Lipinski definition) is 4. The molecular formula is C24H24N4O2. The lowest BCUT2D eigenvalue weighted by molar-refractivity contribution is 0.0922. The van der Waals surface area contributed by atoms with E-state index in [1.807, 2.05) is 66.5 Å². The van der Waals surface area contributed by atoms with Crippen LogP contribution in [0.1, 0.15) is 28.4 Å². The number of aromatic nitrogens is 3. The molecular weight excluding hydrogens is 376 g/mol. The highest BCUT2D eigenvalue weighted by Gasteiger charge is 2.17. The molecule has 1 amide bonds. The average Bonchev–Trinajstić information content (AvgIpc) is 3.17. The molecule has 0 spiro atoms. The summed E-state index contributed by atoms with van der Waals surface area (Å²) in [5.41, 5.74) is 5.21. The quantitative estimate of drug-likeness (QED) is 0.519. The van der Waals surface area contributed by atoms with E-state index in [0.29, 0.717) is 12.1 Å². The largest absolute Gasteiger partial charge is 0.394 e. The monoisotopic (exact) mass is 400 g/mol. The van der Waals surface area contributed by atoms with E-state index < -0.39 is 0 Å². The van der Waals surface area contributed by atoms with Crippen molar-refractivity contribution in [2.45, 2.75) is 26.4 Å². The van der Waals surface area contributed by atoms with Crippen LogP contribution in [0, 0.1) is 6.92 Å². The van der Waals surface area contributed by atoms with Crippen molar-refractivity contribution in [3.05, 3.63) is 83.7 Å². The molecule has 6 nitrogen and oxygen atoms in total. The Bertz CT molecular complexity index is 1170. The lowest BCUT2D eigenvalue weighted by Crippen LogP contribution is -2.35. The maximum Gasteiger partial charge on any atom is 0.251 e. The molecule has 0 aliphatic rings. The number of benzene rings is 2. The van der Waals surface area contributed by atoms with Crippen LogP contribution in [0.3, 0.4) is 0 Å². The number of nitrogens with one attached hydrogen (secondary N) is 1. The molecule has 4 rings (SSSR count). The van der Waals surface area contributed by atoms with Gasteiger partial charge < -0.3 is 10.4 Å². The third-order valence-electron chi connectivity index (χ3n) is 5.04. The van der Waals surface area contributed by atoms with Gasteiger partial charge in [0, 0.05) is 28.8 Å². The van der Waals surface area contributed by atoms with Gasteiger partial charge in [0.15, 0.2) is 0 Å². The van der Waals surface area contributed by atoms with E-state index in [9.17, 15) is 9.90 Å². The molecule has 0 saturated carbocycles. The predicted molar refractivity (Wildman–Crippen MR) is 117 cm³/mol. The molecule has 0 saturated heterocycles. The highest BCUT2D eigenvalue weighted by Crippen LogP contribution is 2.30. The van der Waals surface area contributed by atoms with Crippen molar-refractivity contribution in [3.63, 3.8) is 0 Å². The first kappa shape index (κ1) is 19.8. The highest BCUT2D eigenvalue weighted by atomic mass is 16.3. The number of fused-ring (bicyclic) bond motifs is 1. The van der Waals surface area contributed by atoms with E-state index in [4.69, 9.17) is 0 Å². The fourth-order valence-corrected chi connectivity index (χ4v) is 3.38. The topological polar surface area (TPSA) is 80.0 Å². The summed E-state index contributed by atoms with van der Waals surface area (Å²) in [6.45, 7) is 4.23. The number of pyridine rings is 1. The van der Waals surface area contributed by atoms with Gasteiger partial charge >= 0.3 is 0 Å². The predicted octanol–water partition coefficient (Wildman–Crippen LogP) is 3.57. The summed E-state index contributed by atoms with van der Waals surface area (Å²) < 4.78 is 1.90. The van der Waals surface area contributed by atoms with Crippen LogP contribution in [-0.2, 0) is 6.54 Å². The van der Waals surface area contributed by atoms with Gasteiger partial charge in [0.2, 0.25) is 0 Å². The molecule has 6 heteroatoms. The van der Waals surface area contributed by atoms with E-state index in [2.05, 4.69) is 27.5 Å². The Kier molecular flexibility index (Phi) is 5.59. The highest BCUT2D eigenvalue weighted by molar-refractivity contribution is 6.03. The zero-order valence-corrected chi connectivity index (χ0v) is 17.0. The second kappa shape index (κ2) is 8.47. The molecule has 0 aliphatic carbocycles. The summed E-state index contributed by atoms with van der Waals surface area (Å²) >= 11 is 0. The number of carbonyl (C=O) groups is 1. The van der Waals surface area contributed by atoms with Gasteiger partial charge in [-0.25, -0.2) is 0 Å². The second-order valence-electron chi connectivity index (χ2n) is 7.52. The minimum Gasteiger partial charge on any atom is -0.394 e. The Morgan fingerprint density at radius 1 is 1.13 bits per heavy atom. The fraction of sp³-hybridized carbons (Fsp3) is 0.208. The molecule has 2 heterocycles. The van der Waals surface area contributed by atoms with Crippen LogP contribution in [0.4, 0.5) is 0 Å². The standard InChI is InChI=1S/C24H24N4O2/c1-16-8-9-22(25-12-16)20-10-19(24(30)27-17(2)15-29)11-23-21(20)13-26-28(23)14-18-6-4-3-5-7-18/h3-13,17,29H,14-15H2,1-2H3,(H,27,30). The van der Waals surface area contributed by atoms with E-state index in [0.717, 1.165) is 33.3 Å². The lowest BCUT2D eigenvalue weighted by atomic mass is 10.0. The van der Waals surface area contributed by atoms with Crippen molar-refractivity contribution in [2.24, 2.45) is 0 Å². The Hall–Kier alpha value is -3.51. The number of aryl methyl sites for hydroxylation is 1. The molecule has 4 aromatic rings. The van der Waals surface area contributed by atoms with Gasteiger partial charge in [-0.3, -0.25) is 14.5 Å². The summed E-state index contributed by atoms with van der Waals surface area (Å²) in [6.07, 6.45) is 3.64. The van der Waals surface area contributed by atoms with Gasteiger partial charge in [-0.05, 0) is 43.2 Å². The van der Waals surface area contributed by atoms with Crippen LogP contribution >= 0.6 is 0 Å². The zero-order valence-electron chi connectivity index (χ0n) is 17.0. The van der Waals surface area contributed by atoms with Crippen LogP contribution in [0.2, 0.25) is 0 Å². The van der Waals surface area contributed by atoms with Crippen molar-refractivity contribution in [3.8, 4) is 11.3 Å². The van der Waals surface area contributed by atoms with E-state index in [1.54, 1.807) is 6.92 Å². The van der Waals surface area contributed by atoms with Gasteiger partial charge in [0.05, 0.1) is 30.6 Å². The zero-order chi connectivity index (χ0) is 21.1. The number of aliphatic hydroxyl groups is 1. The number of carbonyl (C=O) groups excluding carboxylic acids is 1. The molecule has 0 bridgehead atoms. The van der Waals surface area contributed by atoms with Crippen molar-refractivity contribution >= 4 is 16.8 Å². The summed E-state index contributed by atoms with van der Waals surface area (Å²) in [5, 5.41) is 17.6. The Morgan fingerprint density at radius 3 is 2.63 bits per heavy atom. The van der Waals surface area contributed by atoms with E-state index >= 15 is 0 Å². The van der Waals surface area contributed by atoms with Gasteiger partial charge in [-0.15, -0.1) is 0 Å². The van der Waals surface area contributed by atoms with Gasteiger partial charge in [0.25, 0.3) is 5.91 Å². The van der Waals surface area contributed by atoms with Crippen LogP contribution in [0.15, 0.2) is 67.0 Å². The third kappa shape index (κ3) is 4.09. The van der Waals surface area contributed by atoms with Crippen molar-refractivity contribution in [2.75, 3.05) is 6.61 Å². The fourth-order valence-electron chi connectivity index (χ4n) is 3.38. The minimum atomic E-state index is -0.330. The summed E-state index contributed by atoms with van der Waals surface area (Å²) in [6, 6.07) is 17.4. The van der Waals surface area contributed by atoms with Crippen molar-refractivity contribution in [1.29, 1.82) is 0 Å². The Morgan fingerprint density at radius 2 is 1.93 bits per heavy atom. The molecule has 0 radical (unpaired) electrons. The maximum atomic E-state index is 12.8. The van der Waals surface area contributed by atoms with Crippen LogP contribution in [0.5, 0.6) is 0 Å². The second-order valence-corrected chi connectivity index (χ2v) is 7.52. The molecule has 1 unspecified atom stereocenters. The van der Waals surface area contributed by atoms with E-state index in [1.165, 1.54) is 0 Å². The smallest absolute Gasteiger partial charge is 0.251 e. The number of hydrogen-bond donors (Lipinski definition) is 2. The molecule has 2 aromatic carbocycles. The van der Waals surface area contributed by atoms with Gasteiger partial charge in [0.1, 0.15) is 0 Å². The first-order valence-electron chi connectivity index (χ1n) is 9.93. The van der Waals surface area contributed by atoms with Gasteiger partial charge in [-0.1, -0.05) is 36.4 Å². The molecule has 0 aliphatic heterocycles. The molecule has 152 valence electrons. The maximum absolute atomic E-state index is 12.8. The number of nitrogens with zero attached hydrogens (tertiary/aromatic N) is 3. The Balaban J connectivity index is 1.84. The average molecular weight is 400 g/mol. The normalized spacial score (nSPS) is 12.1. The molecule has 30 heavy (non-hydrogen) atoms. The van der Waals surface area contributed by atoms with Crippen molar-refractivity contribution < 1.29 is 9.90 Å². The SMILES string of the molecule is Cc1ccc(-c2cc(C(=O)NC(C)CO)cc3c2cnn3Cc2ccccc2)nc1. The minimum absolute atomic E-state index is 0.119. The van der Waals surface area contributed by atoms with Gasteiger partial charge in [-0.2, -0.15) is 5.10 Å². The number of amides is 1. The molecule has 2 N–H and O–H groups in total. The first-order valence-corrected chi connectivity index (χ1v) is 9.93. The summed E-state index contributed by atoms with van der Waals surface area (Å²) in [4.78, 5) is 17.4. The van der Waals surface area contributed by atoms with Crippen molar-refractivity contribution in [1.82, 2.24) is 20.1 Å². The first-order chi connectivity index (χ1) is 14.5. The van der Waals surface area contributed by atoms with Crippen LogP contribution in [-0.4, -0.2) is 38.4 Å². The number of aliphatic hydroxyl groups excluding tert-OH is 1. The summed E-state index contributed by atoms with van der Waals surface area (Å²) in [5.74, 6) is -0.237. The van der Waals surface area contributed by atoms with Crippen LogP contribution < -0.4 is 5.32 Å². The molecule has 0 fully saturated rings.